The monoisotopic (exact) mass is 529 g/mol. The lowest BCUT2D eigenvalue weighted by Crippen LogP contribution is -2.29. The fourth-order valence-electron chi connectivity index (χ4n) is 3.19. The van der Waals surface area contributed by atoms with Gasteiger partial charge in [-0.3, -0.25) is 9.10 Å². The molecule has 170 valence electrons. The van der Waals surface area contributed by atoms with Crippen molar-refractivity contribution >= 4 is 43.8 Å². The van der Waals surface area contributed by atoms with Gasteiger partial charge < -0.3 is 9.47 Å². The van der Waals surface area contributed by atoms with E-state index in [1.807, 2.05) is 30.3 Å². The predicted octanol–water partition coefficient (Wildman–Crippen LogP) is 3.91. The summed E-state index contributed by atoms with van der Waals surface area (Å²) in [6, 6.07) is 19.1. The minimum Gasteiger partial charge on any atom is -0.454 e. The number of halogens is 1. The second-order valence-electron chi connectivity index (χ2n) is 7.23. The zero-order valence-electron chi connectivity index (χ0n) is 17.6. The van der Waals surface area contributed by atoms with Gasteiger partial charge in [0.25, 0.3) is 5.91 Å². The van der Waals surface area contributed by atoms with Crippen LogP contribution in [0.2, 0.25) is 0 Å². The molecule has 10 heteroatoms. The van der Waals surface area contributed by atoms with Crippen LogP contribution >= 0.6 is 15.9 Å². The molecule has 0 saturated carbocycles. The summed E-state index contributed by atoms with van der Waals surface area (Å²) in [7, 11) is -3.52. The number of amides is 1. The largest absolute Gasteiger partial charge is 0.454 e. The third kappa shape index (κ3) is 5.52. The molecular weight excluding hydrogens is 510 g/mol. The third-order valence-corrected chi connectivity index (χ3v) is 6.68. The molecule has 1 heterocycles. The lowest BCUT2D eigenvalue weighted by Gasteiger charge is -2.22. The third-order valence-electron chi connectivity index (χ3n) is 4.85. The molecule has 33 heavy (non-hydrogen) atoms. The predicted molar refractivity (Wildman–Crippen MR) is 129 cm³/mol. The van der Waals surface area contributed by atoms with Gasteiger partial charge in [-0.25, -0.2) is 13.8 Å². The maximum atomic E-state index is 12.5. The van der Waals surface area contributed by atoms with E-state index in [-0.39, 0.29) is 13.3 Å². The van der Waals surface area contributed by atoms with Gasteiger partial charge in [0, 0.05) is 15.6 Å². The lowest BCUT2D eigenvalue weighted by molar-refractivity contribution is 0.0955. The van der Waals surface area contributed by atoms with Crippen LogP contribution in [0.4, 0.5) is 5.69 Å². The molecule has 4 rings (SSSR count). The van der Waals surface area contributed by atoms with Crippen molar-refractivity contribution in [3.63, 3.8) is 0 Å². The van der Waals surface area contributed by atoms with Gasteiger partial charge in [-0.1, -0.05) is 30.3 Å². The number of nitrogens with one attached hydrogen (secondary N) is 1. The average molecular weight is 530 g/mol. The Kier molecular flexibility index (Phi) is 6.66. The van der Waals surface area contributed by atoms with Gasteiger partial charge in [0.05, 0.1) is 24.7 Å². The number of sulfonamides is 1. The summed E-state index contributed by atoms with van der Waals surface area (Å²) in [5, 5.41) is 4.00. The Morgan fingerprint density at radius 3 is 2.42 bits per heavy atom. The number of hydrogen-bond acceptors (Lipinski definition) is 6. The molecule has 0 aliphatic carbocycles. The van der Waals surface area contributed by atoms with Crippen LogP contribution in [0.1, 0.15) is 21.5 Å². The molecule has 0 bridgehead atoms. The van der Waals surface area contributed by atoms with E-state index in [1.54, 1.807) is 36.4 Å². The zero-order valence-corrected chi connectivity index (χ0v) is 20.0. The van der Waals surface area contributed by atoms with Crippen molar-refractivity contribution < 1.29 is 22.7 Å². The van der Waals surface area contributed by atoms with Crippen LogP contribution in [-0.2, 0) is 16.6 Å². The number of anilines is 1. The smallest absolute Gasteiger partial charge is 0.271 e. The molecule has 0 fully saturated rings. The van der Waals surface area contributed by atoms with Crippen molar-refractivity contribution in [1.82, 2.24) is 5.43 Å². The van der Waals surface area contributed by atoms with Gasteiger partial charge in [0.1, 0.15) is 0 Å². The molecule has 0 atom stereocenters. The number of fused-ring (bicyclic) bond motifs is 1. The Bertz CT molecular complexity index is 1300. The summed E-state index contributed by atoms with van der Waals surface area (Å²) in [5.41, 5.74) is 4.84. The fraction of sp³-hybridized carbons (Fsp3) is 0.130. The number of rotatable bonds is 7. The van der Waals surface area contributed by atoms with E-state index in [2.05, 4.69) is 26.5 Å². The number of hydrazone groups is 1. The second-order valence-corrected chi connectivity index (χ2v) is 9.99. The topological polar surface area (TPSA) is 97.3 Å². The average Bonchev–Trinajstić information content (AvgIpc) is 3.24. The van der Waals surface area contributed by atoms with Crippen LogP contribution in [0.5, 0.6) is 11.5 Å². The van der Waals surface area contributed by atoms with Gasteiger partial charge in [-0.15, -0.1) is 0 Å². The highest BCUT2D eigenvalue weighted by molar-refractivity contribution is 9.10. The molecule has 0 radical (unpaired) electrons. The Morgan fingerprint density at radius 1 is 1.09 bits per heavy atom. The minimum absolute atomic E-state index is 0.164. The minimum atomic E-state index is -3.52. The van der Waals surface area contributed by atoms with Crippen LogP contribution in [-0.4, -0.2) is 33.6 Å². The summed E-state index contributed by atoms with van der Waals surface area (Å²) >= 11 is 3.43. The molecular formula is C23H20BrN3O5S. The van der Waals surface area contributed by atoms with E-state index in [4.69, 9.17) is 9.47 Å². The first-order chi connectivity index (χ1) is 15.8. The summed E-state index contributed by atoms with van der Waals surface area (Å²) in [4.78, 5) is 12.5. The van der Waals surface area contributed by atoms with E-state index in [0.717, 1.165) is 16.3 Å². The standard InChI is InChI=1S/C23H20BrN3O5S/c1-33(29,30)27(14-16-5-3-2-4-6-16)19-9-7-17(8-10-19)23(28)26-25-13-18-11-21-22(12-20(18)24)32-15-31-21/h2-13H,14-15H2,1H3,(H,26,28)/b25-13+. The van der Waals surface area contributed by atoms with E-state index in [0.29, 0.717) is 28.3 Å². The Hall–Kier alpha value is -3.37. The van der Waals surface area contributed by atoms with Gasteiger partial charge in [-0.2, -0.15) is 5.10 Å². The number of carbonyl (C=O) groups is 1. The van der Waals surface area contributed by atoms with E-state index in [1.165, 1.54) is 10.5 Å². The normalized spacial score (nSPS) is 12.7. The molecule has 1 amide bonds. The highest BCUT2D eigenvalue weighted by Gasteiger charge is 2.19. The Balaban J connectivity index is 1.45. The first-order valence-corrected chi connectivity index (χ1v) is 12.5. The number of hydrogen-bond donors (Lipinski definition) is 1. The zero-order chi connectivity index (χ0) is 23.4. The summed E-state index contributed by atoms with van der Waals surface area (Å²) in [6.07, 6.45) is 2.64. The number of carbonyl (C=O) groups excluding carboxylic acids is 1. The molecule has 8 nitrogen and oxygen atoms in total. The van der Waals surface area contributed by atoms with E-state index < -0.39 is 15.9 Å². The van der Waals surface area contributed by atoms with Gasteiger partial charge >= 0.3 is 0 Å². The summed E-state index contributed by atoms with van der Waals surface area (Å²) < 4.78 is 37.4. The molecule has 1 aliphatic heterocycles. The molecule has 1 aliphatic rings. The first kappa shape index (κ1) is 22.8. The molecule has 0 saturated heterocycles. The lowest BCUT2D eigenvalue weighted by atomic mass is 10.2. The molecule has 0 unspecified atom stereocenters. The van der Waals surface area contributed by atoms with Crippen molar-refractivity contribution in [2.75, 3.05) is 17.4 Å². The highest BCUT2D eigenvalue weighted by atomic mass is 79.9. The quantitative estimate of drug-likeness (QED) is 0.369. The molecule has 3 aromatic rings. The molecule has 0 spiro atoms. The van der Waals surface area contributed by atoms with Crippen LogP contribution in [0, 0.1) is 0 Å². The maximum Gasteiger partial charge on any atom is 0.271 e. The van der Waals surface area contributed by atoms with Crippen molar-refractivity contribution in [2.45, 2.75) is 6.54 Å². The Morgan fingerprint density at radius 2 is 1.76 bits per heavy atom. The first-order valence-electron chi connectivity index (χ1n) is 9.85. The number of benzene rings is 3. The summed E-state index contributed by atoms with van der Waals surface area (Å²) in [5.74, 6) is 0.815. The maximum absolute atomic E-state index is 12.5. The molecule has 3 aromatic carbocycles. The second kappa shape index (κ2) is 9.63. The van der Waals surface area contributed by atoms with Crippen molar-refractivity contribution in [1.29, 1.82) is 0 Å². The molecule has 0 aromatic heterocycles. The highest BCUT2D eigenvalue weighted by Crippen LogP contribution is 2.36. The van der Waals surface area contributed by atoms with Crippen molar-refractivity contribution in [3.05, 3.63) is 87.9 Å². The molecule has 1 N–H and O–H groups in total. The van der Waals surface area contributed by atoms with Gasteiger partial charge in [0.15, 0.2) is 11.5 Å². The number of ether oxygens (including phenoxy) is 2. The SMILES string of the molecule is CS(=O)(=O)N(Cc1ccccc1)c1ccc(C(=O)N/N=C/c2cc3c(cc2Br)OCO3)cc1. The van der Waals surface area contributed by atoms with E-state index >= 15 is 0 Å². The van der Waals surface area contributed by atoms with Crippen molar-refractivity contribution in [2.24, 2.45) is 5.10 Å². The van der Waals surface area contributed by atoms with Crippen LogP contribution in [0.3, 0.4) is 0 Å². The van der Waals surface area contributed by atoms with Crippen LogP contribution in [0.15, 0.2) is 76.3 Å². The van der Waals surface area contributed by atoms with E-state index in [9.17, 15) is 13.2 Å². The van der Waals surface area contributed by atoms with Crippen LogP contribution in [0.25, 0.3) is 0 Å². The Labute approximate surface area is 200 Å². The fourth-order valence-corrected chi connectivity index (χ4v) is 4.50. The van der Waals surface area contributed by atoms with Crippen LogP contribution < -0.4 is 19.2 Å². The van der Waals surface area contributed by atoms with Gasteiger partial charge in [0.2, 0.25) is 16.8 Å². The number of nitrogens with zero attached hydrogens (tertiary/aromatic N) is 2. The summed E-state index contributed by atoms with van der Waals surface area (Å²) in [6.45, 7) is 0.358. The van der Waals surface area contributed by atoms with Crippen molar-refractivity contribution in [3.8, 4) is 11.5 Å². The van der Waals surface area contributed by atoms with Gasteiger partial charge in [-0.05, 0) is 57.9 Å².